The minimum Gasteiger partial charge on any atom is -0.481 e. The van der Waals surface area contributed by atoms with Gasteiger partial charge >= 0.3 is 5.97 Å². The molecular formula is C16H22N2O4. The van der Waals surface area contributed by atoms with E-state index < -0.39 is 5.97 Å². The Morgan fingerprint density at radius 1 is 1.14 bits per heavy atom. The Kier molecular flexibility index (Phi) is 6.18. The largest absolute Gasteiger partial charge is 0.481 e. The molecule has 0 bridgehead atoms. The Bertz CT molecular complexity index is 493. The number of rotatable bonds is 4. The normalized spacial score (nSPS) is 15.6. The fraction of sp³-hybridized carbons (Fsp3) is 0.562. The first-order valence-electron chi connectivity index (χ1n) is 7.65. The molecular weight excluding hydrogens is 284 g/mol. The van der Waals surface area contributed by atoms with Crippen LogP contribution in [0.2, 0.25) is 0 Å². The Balaban J connectivity index is 1.82. The summed E-state index contributed by atoms with van der Waals surface area (Å²) in [6, 6.07) is 3.14. The van der Waals surface area contributed by atoms with E-state index in [0.29, 0.717) is 11.4 Å². The third-order valence-electron chi connectivity index (χ3n) is 3.72. The Hall–Kier alpha value is -2.11. The van der Waals surface area contributed by atoms with Crippen LogP contribution in [0.5, 0.6) is 5.88 Å². The van der Waals surface area contributed by atoms with E-state index >= 15 is 0 Å². The molecule has 0 radical (unpaired) electrons. The number of esters is 1. The lowest BCUT2D eigenvalue weighted by Gasteiger charge is -2.24. The van der Waals surface area contributed by atoms with E-state index in [9.17, 15) is 9.59 Å². The molecule has 2 rings (SSSR count). The van der Waals surface area contributed by atoms with Crippen molar-refractivity contribution in [2.24, 2.45) is 0 Å². The molecule has 22 heavy (non-hydrogen) atoms. The van der Waals surface area contributed by atoms with Crippen LogP contribution in [0.3, 0.4) is 0 Å². The number of methoxy groups -OCH3 is 1. The smallest absolute Gasteiger partial charge is 0.340 e. The van der Waals surface area contributed by atoms with Crippen molar-refractivity contribution in [1.29, 1.82) is 0 Å². The van der Waals surface area contributed by atoms with E-state index in [1.54, 1.807) is 17.0 Å². The number of nitrogens with zero attached hydrogens (tertiary/aromatic N) is 2. The van der Waals surface area contributed by atoms with Crippen LogP contribution in [-0.2, 0) is 9.53 Å². The minimum atomic E-state index is -0.546. The van der Waals surface area contributed by atoms with Crippen molar-refractivity contribution in [3.8, 4) is 5.88 Å². The second-order valence-electron chi connectivity index (χ2n) is 5.31. The molecule has 1 fully saturated rings. The van der Waals surface area contributed by atoms with Gasteiger partial charge in [-0.2, -0.15) is 0 Å². The van der Waals surface area contributed by atoms with Crippen LogP contribution in [0.1, 0.15) is 42.5 Å². The SMILES string of the molecule is COc1ccc(C(=O)OCC(=O)N2CCCCCCC2)cn1. The molecule has 0 saturated carbocycles. The molecule has 0 spiro atoms. The van der Waals surface area contributed by atoms with Crippen LogP contribution in [-0.4, -0.2) is 48.6 Å². The zero-order chi connectivity index (χ0) is 15.8. The molecule has 2 heterocycles. The maximum atomic E-state index is 12.1. The number of carbonyl (C=O) groups excluding carboxylic acids is 2. The van der Waals surface area contributed by atoms with Gasteiger partial charge in [-0.05, 0) is 18.9 Å². The summed E-state index contributed by atoms with van der Waals surface area (Å²) in [7, 11) is 1.50. The highest BCUT2D eigenvalue weighted by Gasteiger charge is 2.17. The summed E-state index contributed by atoms with van der Waals surface area (Å²) in [6.07, 6.45) is 6.95. The number of pyridine rings is 1. The first-order valence-corrected chi connectivity index (χ1v) is 7.65. The highest BCUT2D eigenvalue weighted by molar-refractivity contribution is 5.91. The van der Waals surface area contributed by atoms with Gasteiger partial charge in [-0.3, -0.25) is 4.79 Å². The van der Waals surface area contributed by atoms with Crippen molar-refractivity contribution < 1.29 is 19.1 Å². The van der Waals surface area contributed by atoms with Crippen molar-refractivity contribution >= 4 is 11.9 Å². The molecule has 0 aromatic carbocycles. The van der Waals surface area contributed by atoms with Gasteiger partial charge in [0.15, 0.2) is 6.61 Å². The van der Waals surface area contributed by atoms with Crippen molar-refractivity contribution in [2.45, 2.75) is 32.1 Å². The standard InChI is InChI=1S/C16H22N2O4/c1-21-14-8-7-13(11-17-14)16(20)22-12-15(19)18-9-5-3-2-4-6-10-18/h7-8,11H,2-6,9-10,12H2,1H3. The van der Waals surface area contributed by atoms with Gasteiger partial charge in [-0.15, -0.1) is 0 Å². The van der Waals surface area contributed by atoms with E-state index in [0.717, 1.165) is 38.8 Å². The summed E-state index contributed by atoms with van der Waals surface area (Å²) < 4.78 is 10.0. The van der Waals surface area contributed by atoms with Gasteiger partial charge in [-0.1, -0.05) is 19.3 Å². The van der Waals surface area contributed by atoms with Crippen LogP contribution in [0, 0.1) is 0 Å². The third kappa shape index (κ3) is 4.72. The maximum Gasteiger partial charge on any atom is 0.340 e. The number of aromatic nitrogens is 1. The molecule has 0 N–H and O–H groups in total. The second kappa shape index (κ2) is 8.36. The molecule has 1 aliphatic rings. The number of likely N-dealkylation sites (tertiary alicyclic amines) is 1. The molecule has 1 saturated heterocycles. The lowest BCUT2D eigenvalue weighted by molar-refractivity contribution is -0.134. The van der Waals surface area contributed by atoms with Gasteiger partial charge < -0.3 is 14.4 Å². The summed E-state index contributed by atoms with van der Waals surface area (Å²) in [5, 5.41) is 0. The Morgan fingerprint density at radius 2 is 1.82 bits per heavy atom. The summed E-state index contributed by atoms with van der Waals surface area (Å²) in [4.78, 5) is 29.7. The number of amides is 1. The van der Waals surface area contributed by atoms with Gasteiger partial charge in [0.1, 0.15) is 0 Å². The van der Waals surface area contributed by atoms with E-state index in [-0.39, 0.29) is 12.5 Å². The zero-order valence-electron chi connectivity index (χ0n) is 12.9. The number of carbonyl (C=O) groups is 2. The van der Waals surface area contributed by atoms with Gasteiger partial charge in [0.25, 0.3) is 5.91 Å². The summed E-state index contributed by atoms with van der Waals surface area (Å²) in [5.74, 6) is -0.250. The van der Waals surface area contributed by atoms with E-state index in [1.807, 2.05) is 0 Å². The lowest BCUT2D eigenvalue weighted by Crippen LogP contribution is -2.36. The lowest BCUT2D eigenvalue weighted by atomic mass is 10.1. The number of hydrogen-bond acceptors (Lipinski definition) is 5. The predicted molar refractivity (Wildman–Crippen MR) is 80.7 cm³/mol. The van der Waals surface area contributed by atoms with Crippen LogP contribution in [0.15, 0.2) is 18.3 Å². The van der Waals surface area contributed by atoms with Gasteiger partial charge in [-0.25, -0.2) is 9.78 Å². The van der Waals surface area contributed by atoms with Crippen LogP contribution < -0.4 is 4.74 Å². The van der Waals surface area contributed by atoms with Crippen LogP contribution in [0.4, 0.5) is 0 Å². The fourth-order valence-electron chi connectivity index (χ4n) is 2.42. The summed E-state index contributed by atoms with van der Waals surface area (Å²) >= 11 is 0. The monoisotopic (exact) mass is 306 g/mol. The van der Waals surface area contributed by atoms with Crippen LogP contribution in [0.25, 0.3) is 0 Å². The average Bonchev–Trinajstić information content (AvgIpc) is 2.52. The van der Waals surface area contributed by atoms with Gasteiger partial charge in [0, 0.05) is 25.4 Å². The van der Waals surface area contributed by atoms with Crippen LogP contribution >= 0.6 is 0 Å². The zero-order valence-corrected chi connectivity index (χ0v) is 12.9. The molecule has 1 aromatic heterocycles. The van der Waals surface area contributed by atoms with Gasteiger partial charge in [0.05, 0.1) is 12.7 Å². The number of ether oxygens (including phenoxy) is 2. The van der Waals surface area contributed by atoms with E-state index in [4.69, 9.17) is 9.47 Å². The highest BCUT2D eigenvalue weighted by Crippen LogP contribution is 2.11. The molecule has 0 aliphatic carbocycles. The maximum absolute atomic E-state index is 12.1. The van der Waals surface area contributed by atoms with Gasteiger partial charge in [0.2, 0.25) is 5.88 Å². The second-order valence-corrected chi connectivity index (χ2v) is 5.31. The minimum absolute atomic E-state index is 0.128. The molecule has 6 heteroatoms. The molecule has 6 nitrogen and oxygen atoms in total. The van der Waals surface area contributed by atoms with Crippen molar-refractivity contribution in [3.05, 3.63) is 23.9 Å². The molecule has 1 amide bonds. The molecule has 1 aliphatic heterocycles. The predicted octanol–water partition coefficient (Wildman–Crippen LogP) is 2.04. The van der Waals surface area contributed by atoms with Crippen molar-refractivity contribution in [1.82, 2.24) is 9.88 Å². The molecule has 1 aromatic rings. The van der Waals surface area contributed by atoms with Crippen molar-refractivity contribution in [3.63, 3.8) is 0 Å². The van der Waals surface area contributed by atoms with E-state index in [2.05, 4.69) is 4.98 Å². The third-order valence-corrected chi connectivity index (χ3v) is 3.72. The number of hydrogen-bond donors (Lipinski definition) is 0. The highest BCUT2D eigenvalue weighted by atomic mass is 16.5. The first kappa shape index (κ1) is 16.3. The fourth-order valence-corrected chi connectivity index (χ4v) is 2.42. The first-order chi connectivity index (χ1) is 10.7. The average molecular weight is 306 g/mol. The topological polar surface area (TPSA) is 68.7 Å². The molecule has 0 unspecified atom stereocenters. The summed E-state index contributed by atoms with van der Waals surface area (Å²) in [6.45, 7) is 1.28. The quantitative estimate of drug-likeness (QED) is 0.796. The molecule has 120 valence electrons. The Morgan fingerprint density at radius 3 is 2.41 bits per heavy atom. The Labute approximate surface area is 130 Å². The van der Waals surface area contributed by atoms with E-state index in [1.165, 1.54) is 19.7 Å². The molecule has 0 atom stereocenters. The van der Waals surface area contributed by atoms with Crippen molar-refractivity contribution in [2.75, 3.05) is 26.8 Å². The summed E-state index contributed by atoms with van der Waals surface area (Å²) in [5.41, 5.74) is 0.307.